The zero-order valence-corrected chi connectivity index (χ0v) is 12.0. The zero-order chi connectivity index (χ0) is 14.3. The zero-order valence-electron chi connectivity index (χ0n) is 12.0. The SMILES string of the molecule is CCc1nn(C2CC(O)C2)c2c1CN(C(=O)OC)CC2. The quantitative estimate of drug-likeness (QED) is 0.885. The second kappa shape index (κ2) is 5.09. The molecule has 1 fully saturated rings. The first-order valence-electron chi connectivity index (χ1n) is 7.24. The van der Waals surface area contributed by atoms with E-state index in [-0.39, 0.29) is 12.2 Å². The Balaban J connectivity index is 1.87. The molecule has 0 saturated heterocycles. The van der Waals surface area contributed by atoms with Crippen LogP contribution in [0.15, 0.2) is 0 Å². The second-order valence-corrected chi connectivity index (χ2v) is 5.59. The first-order chi connectivity index (χ1) is 9.63. The van der Waals surface area contributed by atoms with E-state index in [4.69, 9.17) is 9.84 Å². The average molecular weight is 279 g/mol. The van der Waals surface area contributed by atoms with Crippen LogP contribution < -0.4 is 0 Å². The van der Waals surface area contributed by atoms with Gasteiger partial charge in [-0.1, -0.05) is 6.92 Å². The van der Waals surface area contributed by atoms with Crippen LogP contribution in [-0.4, -0.2) is 45.6 Å². The Morgan fingerprint density at radius 3 is 2.85 bits per heavy atom. The molecule has 0 atom stereocenters. The lowest BCUT2D eigenvalue weighted by atomic mass is 9.89. The van der Waals surface area contributed by atoms with Crippen LogP contribution in [0, 0.1) is 0 Å². The van der Waals surface area contributed by atoms with Gasteiger partial charge in [-0.15, -0.1) is 0 Å². The molecule has 2 heterocycles. The monoisotopic (exact) mass is 279 g/mol. The number of carbonyl (C=O) groups is 1. The van der Waals surface area contributed by atoms with Gasteiger partial charge in [-0.3, -0.25) is 4.68 Å². The minimum Gasteiger partial charge on any atom is -0.453 e. The summed E-state index contributed by atoms with van der Waals surface area (Å²) in [6.45, 7) is 3.34. The van der Waals surface area contributed by atoms with E-state index >= 15 is 0 Å². The minimum absolute atomic E-state index is 0.180. The highest BCUT2D eigenvalue weighted by Crippen LogP contribution is 2.35. The van der Waals surface area contributed by atoms with Crippen LogP contribution in [0.3, 0.4) is 0 Å². The first-order valence-corrected chi connectivity index (χ1v) is 7.24. The van der Waals surface area contributed by atoms with Crippen LogP contribution in [0.1, 0.15) is 42.8 Å². The number of aliphatic hydroxyl groups excluding tert-OH is 1. The van der Waals surface area contributed by atoms with Crippen molar-refractivity contribution in [1.82, 2.24) is 14.7 Å². The van der Waals surface area contributed by atoms with E-state index in [2.05, 4.69) is 11.6 Å². The Morgan fingerprint density at radius 2 is 2.25 bits per heavy atom. The maximum absolute atomic E-state index is 11.7. The molecule has 1 saturated carbocycles. The molecule has 1 aliphatic heterocycles. The van der Waals surface area contributed by atoms with Gasteiger partial charge in [0.15, 0.2) is 0 Å². The number of hydrogen-bond acceptors (Lipinski definition) is 4. The lowest BCUT2D eigenvalue weighted by Crippen LogP contribution is -2.38. The average Bonchev–Trinajstić information content (AvgIpc) is 2.80. The molecule has 6 nitrogen and oxygen atoms in total. The molecular weight excluding hydrogens is 258 g/mol. The third-order valence-electron chi connectivity index (χ3n) is 4.37. The molecule has 6 heteroatoms. The summed E-state index contributed by atoms with van der Waals surface area (Å²) in [5, 5.41) is 14.2. The largest absolute Gasteiger partial charge is 0.453 e. The van der Waals surface area contributed by atoms with Gasteiger partial charge in [0.2, 0.25) is 0 Å². The molecular formula is C14H21N3O3. The van der Waals surface area contributed by atoms with Gasteiger partial charge in [-0.05, 0) is 19.3 Å². The van der Waals surface area contributed by atoms with Gasteiger partial charge in [-0.25, -0.2) is 4.79 Å². The fourth-order valence-corrected chi connectivity index (χ4v) is 3.14. The molecule has 0 bridgehead atoms. The number of aryl methyl sites for hydroxylation is 1. The molecule has 1 N–H and O–H groups in total. The lowest BCUT2D eigenvalue weighted by Gasteiger charge is -2.34. The lowest BCUT2D eigenvalue weighted by molar-refractivity contribution is 0.0415. The van der Waals surface area contributed by atoms with Gasteiger partial charge in [0, 0.05) is 24.2 Å². The summed E-state index contributed by atoms with van der Waals surface area (Å²) in [4.78, 5) is 13.4. The van der Waals surface area contributed by atoms with Crippen molar-refractivity contribution >= 4 is 6.09 Å². The minimum atomic E-state index is -0.274. The summed E-state index contributed by atoms with van der Waals surface area (Å²) < 4.78 is 6.90. The predicted octanol–water partition coefficient (Wildman–Crippen LogP) is 1.27. The van der Waals surface area contributed by atoms with Crippen molar-refractivity contribution in [3.63, 3.8) is 0 Å². The van der Waals surface area contributed by atoms with E-state index in [0.29, 0.717) is 19.1 Å². The molecule has 110 valence electrons. The Kier molecular flexibility index (Phi) is 3.41. The summed E-state index contributed by atoms with van der Waals surface area (Å²) in [7, 11) is 1.41. The number of fused-ring (bicyclic) bond motifs is 1. The number of carbonyl (C=O) groups excluding carboxylic acids is 1. The van der Waals surface area contributed by atoms with Gasteiger partial charge in [0.25, 0.3) is 0 Å². The molecule has 1 aromatic rings. The molecule has 0 unspecified atom stereocenters. The smallest absolute Gasteiger partial charge is 0.409 e. The van der Waals surface area contributed by atoms with E-state index < -0.39 is 0 Å². The number of hydrogen-bond donors (Lipinski definition) is 1. The number of aliphatic hydroxyl groups is 1. The van der Waals surface area contributed by atoms with Crippen molar-refractivity contribution in [2.45, 2.75) is 51.3 Å². The van der Waals surface area contributed by atoms with Gasteiger partial charge in [-0.2, -0.15) is 5.10 Å². The third kappa shape index (κ3) is 2.08. The molecule has 2 aliphatic rings. The van der Waals surface area contributed by atoms with Crippen molar-refractivity contribution in [2.75, 3.05) is 13.7 Å². The van der Waals surface area contributed by atoms with Crippen molar-refractivity contribution in [3.8, 4) is 0 Å². The third-order valence-corrected chi connectivity index (χ3v) is 4.37. The van der Waals surface area contributed by atoms with E-state index in [1.165, 1.54) is 18.4 Å². The predicted molar refractivity (Wildman–Crippen MR) is 72.4 cm³/mol. The number of aromatic nitrogens is 2. The number of ether oxygens (including phenoxy) is 1. The molecule has 0 aromatic carbocycles. The van der Waals surface area contributed by atoms with E-state index in [1.54, 1.807) is 4.90 Å². The highest BCUT2D eigenvalue weighted by Gasteiger charge is 2.34. The van der Waals surface area contributed by atoms with Crippen molar-refractivity contribution < 1.29 is 14.6 Å². The molecule has 1 aliphatic carbocycles. The maximum Gasteiger partial charge on any atom is 0.409 e. The standard InChI is InChI=1S/C14H21N3O3/c1-3-12-11-8-16(14(19)20-2)5-4-13(11)17(15-12)9-6-10(18)7-9/h9-10,18H,3-8H2,1-2H3. The fraction of sp³-hybridized carbons (Fsp3) is 0.714. The summed E-state index contributed by atoms with van der Waals surface area (Å²) in [5.41, 5.74) is 3.47. The Labute approximate surface area is 118 Å². The summed E-state index contributed by atoms with van der Waals surface area (Å²) >= 11 is 0. The second-order valence-electron chi connectivity index (χ2n) is 5.59. The Morgan fingerprint density at radius 1 is 1.50 bits per heavy atom. The molecule has 0 spiro atoms. The van der Waals surface area contributed by atoms with Crippen LogP contribution in [-0.2, 0) is 24.1 Å². The van der Waals surface area contributed by atoms with Crippen LogP contribution >= 0.6 is 0 Å². The van der Waals surface area contributed by atoms with Gasteiger partial charge in [0.1, 0.15) is 0 Å². The number of amides is 1. The van der Waals surface area contributed by atoms with E-state index in [9.17, 15) is 9.90 Å². The topological polar surface area (TPSA) is 67.6 Å². The van der Waals surface area contributed by atoms with Crippen LogP contribution in [0.4, 0.5) is 4.79 Å². The Hall–Kier alpha value is -1.56. The van der Waals surface area contributed by atoms with E-state index in [1.807, 2.05) is 0 Å². The fourth-order valence-electron chi connectivity index (χ4n) is 3.14. The van der Waals surface area contributed by atoms with Gasteiger partial charge < -0.3 is 14.7 Å². The first kappa shape index (κ1) is 13.4. The van der Waals surface area contributed by atoms with Crippen molar-refractivity contribution in [3.05, 3.63) is 17.0 Å². The molecule has 0 radical (unpaired) electrons. The van der Waals surface area contributed by atoms with Gasteiger partial charge in [0.05, 0.1) is 31.5 Å². The number of rotatable bonds is 2. The van der Waals surface area contributed by atoms with Gasteiger partial charge >= 0.3 is 6.09 Å². The maximum atomic E-state index is 11.7. The molecule has 1 aromatic heterocycles. The highest BCUT2D eigenvalue weighted by atomic mass is 16.5. The van der Waals surface area contributed by atoms with Crippen molar-refractivity contribution in [2.24, 2.45) is 0 Å². The molecule has 20 heavy (non-hydrogen) atoms. The molecule has 1 amide bonds. The van der Waals surface area contributed by atoms with Crippen LogP contribution in [0.25, 0.3) is 0 Å². The summed E-state index contributed by atoms with van der Waals surface area (Å²) in [6.07, 6.45) is 2.80. The normalized spacial score (nSPS) is 25.1. The highest BCUT2D eigenvalue weighted by molar-refractivity contribution is 5.68. The molecule has 3 rings (SSSR count). The number of methoxy groups -OCH3 is 1. The van der Waals surface area contributed by atoms with Crippen LogP contribution in [0.5, 0.6) is 0 Å². The number of nitrogens with zero attached hydrogens (tertiary/aromatic N) is 3. The summed E-state index contributed by atoms with van der Waals surface area (Å²) in [6, 6.07) is 0.323. The Bertz CT molecular complexity index is 520. The van der Waals surface area contributed by atoms with Crippen LogP contribution in [0.2, 0.25) is 0 Å². The summed E-state index contributed by atoms with van der Waals surface area (Å²) in [5.74, 6) is 0. The van der Waals surface area contributed by atoms with E-state index in [0.717, 1.165) is 31.4 Å². The van der Waals surface area contributed by atoms with Crippen molar-refractivity contribution in [1.29, 1.82) is 0 Å².